The minimum atomic E-state index is 0.637. The van der Waals surface area contributed by atoms with Crippen LogP contribution in [-0.4, -0.2) is 12.1 Å². The second kappa shape index (κ2) is 6.17. The van der Waals surface area contributed by atoms with Gasteiger partial charge in [-0.15, -0.1) is 0 Å². The van der Waals surface area contributed by atoms with Crippen LogP contribution in [-0.2, 0) is 17.9 Å². The van der Waals surface area contributed by atoms with E-state index in [-0.39, 0.29) is 0 Å². The SMILES string of the molecule is COCc1cccc(NCc2cccc(C)n2)c1. The van der Waals surface area contributed by atoms with Gasteiger partial charge in [0.25, 0.3) is 0 Å². The van der Waals surface area contributed by atoms with Gasteiger partial charge in [-0.1, -0.05) is 18.2 Å². The average Bonchev–Trinajstić information content (AvgIpc) is 2.37. The molecule has 0 unspecified atom stereocenters. The van der Waals surface area contributed by atoms with Gasteiger partial charge in [0, 0.05) is 18.5 Å². The highest BCUT2D eigenvalue weighted by atomic mass is 16.5. The predicted molar refractivity (Wildman–Crippen MR) is 73.5 cm³/mol. The first-order valence-corrected chi connectivity index (χ1v) is 6.02. The highest BCUT2D eigenvalue weighted by Crippen LogP contribution is 2.12. The third kappa shape index (κ3) is 3.57. The molecule has 18 heavy (non-hydrogen) atoms. The number of nitrogens with one attached hydrogen (secondary N) is 1. The summed E-state index contributed by atoms with van der Waals surface area (Å²) < 4.78 is 5.12. The van der Waals surface area contributed by atoms with Gasteiger partial charge in [-0.05, 0) is 36.8 Å². The van der Waals surface area contributed by atoms with E-state index in [2.05, 4.69) is 28.5 Å². The molecule has 0 fully saturated rings. The molecule has 2 aromatic rings. The molecular formula is C15H18N2O. The van der Waals surface area contributed by atoms with Crippen molar-refractivity contribution < 1.29 is 4.74 Å². The topological polar surface area (TPSA) is 34.1 Å². The highest BCUT2D eigenvalue weighted by Gasteiger charge is 1.97. The zero-order chi connectivity index (χ0) is 12.8. The van der Waals surface area contributed by atoms with Crippen LogP contribution < -0.4 is 5.32 Å². The molecule has 94 valence electrons. The van der Waals surface area contributed by atoms with E-state index in [1.54, 1.807) is 7.11 Å². The monoisotopic (exact) mass is 242 g/mol. The third-order valence-electron chi connectivity index (χ3n) is 2.66. The van der Waals surface area contributed by atoms with Crippen molar-refractivity contribution in [1.29, 1.82) is 0 Å². The number of benzene rings is 1. The first kappa shape index (κ1) is 12.6. The van der Waals surface area contributed by atoms with Crippen LogP contribution in [0, 0.1) is 6.92 Å². The van der Waals surface area contributed by atoms with Crippen LogP contribution in [0.15, 0.2) is 42.5 Å². The maximum atomic E-state index is 5.12. The molecule has 0 saturated heterocycles. The fourth-order valence-electron chi connectivity index (χ4n) is 1.83. The summed E-state index contributed by atoms with van der Waals surface area (Å²) in [5.41, 5.74) is 4.35. The first-order valence-electron chi connectivity index (χ1n) is 6.02. The number of methoxy groups -OCH3 is 1. The minimum Gasteiger partial charge on any atom is -0.380 e. The van der Waals surface area contributed by atoms with E-state index in [0.29, 0.717) is 6.61 Å². The molecule has 0 bridgehead atoms. The Labute approximate surface area is 108 Å². The molecule has 0 radical (unpaired) electrons. The normalized spacial score (nSPS) is 10.3. The second-order valence-electron chi connectivity index (χ2n) is 4.26. The molecule has 1 N–H and O–H groups in total. The highest BCUT2D eigenvalue weighted by molar-refractivity contribution is 5.45. The molecule has 0 aliphatic rings. The molecule has 0 spiro atoms. The number of aromatic nitrogens is 1. The van der Waals surface area contributed by atoms with E-state index in [9.17, 15) is 0 Å². The summed E-state index contributed by atoms with van der Waals surface area (Å²) >= 11 is 0. The summed E-state index contributed by atoms with van der Waals surface area (Å²) in [6.45, 7) is 3.37. The van der Waals surface area contributed by atoms with Crippen LogP contribution in [0.3, 0.4) is 0 Å². The Morgan fingerprint density at radius 3 is 2.78 bits per heavy atom. The summed E-state index contributed by atoms with van der Waals surface area (Å²) in [6.07, 6.45) is 0. The van der Waals surface area contributed by atoms with Crippen molar-refractivity contribution in [3.8, 4) is 0 Å². The average molecular weight is 242 g/mol. The van der Waals surface area contributed by atoms with Crippen LogP contribution in [0.4, 0.5) is 5.69 Å². The molecule has 3 nitrogen and oxygen atoms in total. The van der Waals surface area contributed by atoms with Crippen LogP contribution in [0.1, 0.15) is 17.0 Å². The van der Waals surface area contributed by atoms with Gasteiger partial charge in [-0.2, -0.15) is 0 Å². The summed E-state index contributed by atoms with van der Waals surface area (Å²) in [6, 6.07) is 14.3. The molecule has 0 aliphatic carbocycles. The first-order chi connectivity index (χ1) is 8.78. The van der Waals surface area contributed by atoms with Crippen LogP contribution in [0.5, 0.6) is 0 Å². The zero-order valence-electron chi connectivity index (χ0n) is 10.8. The van der Waals surface area contributed by atoms with Gasteiger partial charge in [-0.3, -0.25) is 4.98 Å². The number of nitrogens with zero attached hydrogens (tertiary/aromatic N) is 1. The van der Waals surface area contributed by atoms with E-state index in [0.717, 1.165) is 23.6 Å². The minimum absolute atomic E-state index is 0.637. The Morgan fingerprint density at radius 2 is 2.00 bits per heavy atom. The van der Waals surface area contributed by atoms with Crippen molar-refractivity contribution in [1.82, 2.24) is 4.98 Å². The van der Waals surface area contributed by atoms with Crippen molar-refractivity contribution >= 4 is 5.69 Å². The quantitative estimate of drug-likeness (QED) is 0.874. The molecule has 0 aliphatic heterocycles. The lowest BCUT2D eigenvalue weighted by molar-refractivity contribution is 0.185. The summed E-state index contributed by atoms with van der Waals surface area (Å²) in [5.74, 6) is 0. The van der Waals surface area contributed by atoms with E-state index in [1.807, 2.05) is 31.2 Å². The van der Waals surface area contributed by atoms with Crippen molar-refractivity contribution in [2.45, 2.75) is 20.1 Å². The number of aryl methyl sites for hydroxylation is 1. The molecular weight excluding hydrogens is 224 g/mol. The maximum Gasteiger partial charge on any atom is 0.0713 e. The van der Waals surface area contributed by atoms with Gasteiger partial charge in [0.15, 0.2) is 0 Å². The molecule has 0 atom stereocenters. The molecule has 1 aromatic heterocycles. The van der Waals surface area contributed by atoms with Crippen molar-refractivity contribution in [2.75, 3.05) is 12.4 Å². The summed E-state index contributed by atoms with van der Waals surface area (Å²) in [5, 5.41) is 3.37. The molecule has 2 rings (SSSR count). The standard InChI is InChI=1S/C15H18N2O/c1-12-5-3-8-15(17-12)10-16-14-7-4-6-13(9-14)11-18-2/h3-9,16H,10-11H2,1-2H3. The van der Waals surface area contributed by atoms with E-state index < -0.39 is 0 Å². The number of hydrogen-bond acceptors (Lipinski definition) is 3. The van der Waals surface area contributed by atoms with Gasteiger partial charge >= 0.3 is 0 Å². The number of anilines is 1. The van der Waals surface area contributed by atoms with Gasteiger partial charge < -0.3 is 10.1 Å². The molecule has 0 amide bonds. The van der Waals surface area contributed by atoms with Gasteiger partial charge in [-0.25, -0.2) is 0 Å². The predicted octanol–water partition coefficient (Wildman–Crippen LogP) is 3.15. The molecule has 1 aromatic carbocycles. The lowest BCUT2D eigenvalue weighted by Crippen LogP contribution is -2.02. The van der Waals surface area contributed by atoms with Crippen molar-refractivity contribution in [2.24, 2.45) is 0 Å². The lowest BCUT2D eigenvalue weighted by Gasteiger charge is -2.08. The Balaban J connectivity index is 1.99. The number of hydrogen-bond donors (Lipinski definition) is 1. The van der Waals surface area contributed by atoms with Crippen molar-refractivity contribution in [3.05, 3.63) is 59.4 Å². The van der Waals surface area contributed by atoms with E-state index in [1.165, 1.54) is 5.56 Å². The van der Waals surface area contributed by atoms with Crippen LogP contribution in [0.2, 0.25) is 0 Å². The smallest absolute Gasteiger partial charge is 0.0713 e. The largest absolute Gasteiger partial charge is 0.380 e. The number of ether oxygens (including phenoxy) is 1. The van der Waals surface area contributed by atoms with Crippen LogP contribution >= 0.6 is 0 Å². The van der Waals surface area contributed by atoms with Gasteiger partial charge in [0.05, 0.1) is 18.8 Å². The third-order valence-corrected chi connectivity index (χ3v) is 2.66. The molecule has 0 saturated carbocycles. The van der Waals surface area contributed by atoms with Crippen molar-refractivity contribution in [3.63, 3.8) is 0 Å². The lowest BCUT2D eigenvalue weighted by atomic mass is 10.2. The Hall–Kier alpha value is -1.87. The summed E-state index contributed by atoms with van der Waals surface area (Å²) in [4.78, 5) is 4.46. The van der Waals surface area contributed by atoms with E-state index >= 15 is 0 Å². The Bertz CT molecular complexity index is 511. The maximum absolute atomic E-state index is 5.12. The number of pyridine rings is 1. The Morgan fingerprint density at radius 1 is 1.17 bits per heavy atom. The number of rotatable bonds is 5. The molecule has 3 heteroatoms. The van der Waals surface area contributed by atoms with Gasteiger partial charge in [0.2, 0.25) is 0 Å². The fraction of sp³-hybridized carbons (Fsp3) is 0.267. The Kier molecular flexibility index (Phi) is 4.31. The van der Waals surface area contributed by atoms with Crippen LogP contribution in [0.25, 0.3) is 0 Å². The fourth-order valence-corrected chi connectivity index (χ4v) is 1.83. The zero-order valence-corrected chi connectivity index (χ0v) is 10.8. The van der Waals surface area contributed by atoms with Gasteiger partial charge in [0.1, 0.15) is 0 Å². The second-order valence-corrected chi connectivity index (χ2v) is 4.26. The van der Waals surface area contributed by atoms with E-state index in [4.69, 9.17) is 4.74 Å². The summed E-state index contributed by atoms with van der Waals surface area (Å²) in [7, 11) is 1.71. The molecule has 1 heterocycles.